The topological polar surface area (TPSA) is 3.24 Å². The lowest BCUT2D eigenvalue weighted by Gasteiger charge is -2.24. The fourth-order valence-corrected chi connectivity index (χ4v) is 3.08. The minimum absolute atomic E-state index is 0.683. The van der Waals surface area contributed by atoms with E-state index in [2.05, 4.69) is 64.2 Å². The number of fused-ring (bicyclic) bond motifs is 1. The SMILES string of the molecule is CC1CCCN1c1ccc2cc(Br)ccc2c1. The van der Waals surface area contributed by atoms with E-state index in [9.17, 15) is 0 Å². The molecule has 0 aliphatic carbocycles. The van der Waals surface area contributed by atoms with Crippen molar-refractivity contribution in [3.05, 3.63) is 40.9 Å². The average Bonchev–Trinajstić information content (AvgIpc) is 2.75. The Morgan fingerprint density at radius 3 is 2.65 bits per heavy atom. The Labute approximate surface area is 111 Å². The zero-order chi connectivity index (χ0) is 11.8. The van der Waals surface area contributed by atoms with Gasteiger partial charge in [0.2, 0.25) is 0 Å². The van der Waals surface area contributed by atoms with E-state index in [1.165, 1.54) is 35.8 Å². The number of hydrogen-bond donors (Lipinski definition) is 0. The fraction of sp³-hybridized carbons (Fsp3) is 0.333. The maximum atomic E-state index is 3.52. The van der Waals surface area contributed by atoms with Crippen LogP contribution in [-0.4, -0.2) is 12.6 Å². The Hall–Kier alpha value is -1.02. The van der Waals surface area contributed by atoms with Gasteiger partial charge in [-0.3, -0.25) is 0 Å². The lowest BCUT2D eigenvalue weighted by Crippen LogP contribution is -2.25. The molecule has 0 amide bonds. The molecule has 2 aromatic rings. The first-order chi connectivity index (χ1) is 8.24. The molecule has 0 saturated carbocycles. The molecule has 1 aliphatic rings. The summed E-state index contributed by atoms with van der Waals surface area (Å²) in [7, 11) is 0. The number of benzene rings is 2. The van der Waals surface area contributed by atoms with Gasteiger partial charge in [0.1, 0.15) is 0 Å². The Bertz CT molecular complexity index is 550. The second-order valence-corrected chi connectivity index (χ2v) is 5.78. The predicted octanol–water partition coefficient (Wildman–Crippen LogP) is 4.59. The van der Waals surface area contributed by atoms with Crippen molar-refractivity contribution in [3.63, 3.8) is 0 Å². The summed E-state index contributed by atoms with van der Waals surface area (Å²) in [4.78, 5) is 2.52. The van der Waals surface area contributed by atoms with Gasteiger partial charge in [0.15, 0.2) is 0 Å². The van der Waals surface area contributed by atoms with Crippen molar-refractivity contribution in [2.75, 3.05) is 11.4 Å². The molecule has 0 radical (unpaired) electrons. The van der Waals surface area contributed by atoms with Crippen LogP contribution in [0.4, 0.5) is 5.69 Å². The molecule has 1 aliphatic heterocycles. The molecule has 1 fully saturated rings. The van der Waals surface area contributed by atoms with Gasteiger partial charge in [-0.1, -0.05) is 28.1 Å². The zero-order valence-electron chi connectivity index (χ0n) is 9.99. The largest absolute Gasteiger partial charge is 0.369 e. The molecule has 17 heavy (non-hydrogen) atoms. The Kier molecular flexibility index (Phi) is 2.83. The van der Waals surface area contributed by atoms with Crippen LogP contribution in [0.1, 0.15) is 19.8 Å². The molecule has 2 heteroatoms. The van der Waals surface area contributed by atoms with Gasteiger partial charge in [-0.2, -0.15) is 0 Å². The van der Waals surface area contributed by atoms with Crippen LogP contribution in [-0.2, 0) is 0 Å². The summed E-state index contributed by atoms with van der Waals surface area (Å²) >= 11 is 3.52. The predicted molar refractivity (Wildman–Crippen MR) is 77.7 cm³/mol. The van der Waals surface area contributed by atoms with Gasteiger partial charge in [0.05, 0.1) is 0 Å². The molecule has 0 aromatic heterocycles. The van der Waals surface area contributed by atoms with Gasteiger partial charge in [-0.05, 0) is 54.8 Å². The molecule has 1 atom stereocenters. The van der Waals surface area contributed by atoms with Crippen molar-refractivity contribution in [2.45, 2.75) is 25.8 Å². The molecule has 3 rings (SSSR count). The second-order valence-electron chi connectivity index (χ2n) is 4.86. The van der Waals surface area contributed by atoms with Gasteiger partial charge in [0.25, 0.3) is 0 Å². The Morgan fingerprint density at radius 2 is 1.88 bits per heavy atom. The lowest BCUT2D eigenvalue weighted by atomic mass is 10.1. The van der Waals surface area contributed by atoms with Crippen molar-refractivity contribution in [1.29, 1.82) is 0 Å². The van der Waals surface area contributed by atoms with Gasteiger partial charge in [-0.25, -0.2) is 0 Å². The third-order valence-electron chi connectivity index (χ3n) is 3.67. The van der Waals surface area contributed by atoms with E-state index in [4.69, 9.17) is 0 Å². The smallest absolute Gasteiger partial charge is 0.0375 e. The van der Waals surface area contributed by atoms with Gasteiger partial charge < -0.3 is 4.90 Å². The fourth-order valence-electron chi connectivity index (χ4n) is 2.70. The zero-order valence-corrected chi connectivity index (χ0v) is 11.6. The van der Waals surface area contributed by atoms with Crippen LogP contribution >= 0.6 is 15.9 Å². The van der Waals surface area contributed by atoms with Crippen LogP contribution < -0.4 is 4.90 Å². The number of halogens is 1. The van der Waals surface area contributed by atoms with E-state index in [0.717, 1.165) is 4.47 Å². The summed E-state index contributed by atoms with van der Waals surface area (Å²) < 4.78 is 1.15. The van der Waals surface area contributed by atoms with Crippen LogP contribution in [0.25, 0.3) is 10.8 Å². The van der Waals surface area contributed by atoms with E-state index in [-0.39, 0.29) is 0 Å². The van der Waals surface area contributed by atoms with E-state index in [1.807, 2.05) is 0 Å². The first-order valence-corrected chi connectivity index (χ1v) is 6.99. The van der Waals surface area contributed by atoms with E-state index < -0.39 is 0 Å². The minimum Gasteiger partial charge on any atom is -0.369 e. The monoisotopic (exact) mass is 289 g/mol. The molecular formula is C15H16BrN. The molecular weight excluding hydrogens is 274 g/mol. The van der Waals surface area contributed by atoms with E-state index in [1.54, 1.807) is 0 Å². The highest BCUT2D eigenvalue weighted by atomic mass is 79.9. The molecule has 0 N–H and O–H groups in total. The highest BCUT2D eigenvalue weighted by molar-refractivity contribution is 9.10. The number of rotatable bonds is 1. The van der Waals surface area contributed by atoms with Crippen LogP contribution in [0.3, 0.4) is 0 Å². The number of anilines is 1. The summed E-state index contributed by atoms with van der Waals surface area (Å²) in [5, 5.41) is 2.62. The second kappa shape index (κ2) is 4.34. The summed E-state index contributed by atoms with van der Waals surface area (Å²) in [6.45, 7) is 3.52. The van der Waals surface area contributed by atoms with Gasteiger partial charge in [-0.15, -0.1) is 0 Å². The lowest BCUT2D eigenvalue weighted by molar-refractivity contribution is 0.735. The maximum absolute atomic E-state index is 3.52. The van der Waals surface area contributed by atoms with Crippen LogP contribution in [0.5, 0.6) is 0 Å². The Balaban J connectivity index is 2.04. The van der Waals surface area contributed by atoms with Gasteiger partial charge >= 0.3 is 0 Å². The normalized spacial score (nSPS) is 20.1. The van der Waals surface area contributed by atoms with Crippen molar-refractivity contribution >= 4 is 32.4 Å². The first kappa shape index (κ1) is 11.1. The van der Waals surface area contributed by atoms with E-state index in [0.29, 0.717) is 6.04 Å². The molecule has 88 valence electrons. The minimum atomic E-state index is 0.683. The van der Waals surface area contributed by atoms with Crippen LogP contribution in [0.15, 0.2) is 40.9 Å². The maximum Gasteiger partial charge on any atom is 0.0375 e. The van der Waals surface area contributed by atoms with Gasteiger partial charge in [0, 0.05) is 22.7 Å². The Morgan fingerprint density at radius 1 is 1.12 bits per heavy atom. The standard InChI is InChI=1S/C15H16BrN/c1-11-3-2-8-17(11)15-7-5-12-9-14(16)6-4-13(12)10-15/h4-7,9-11H,2-3,8H2,1H3. The molecule has 2 aromatic carbocycles. The van der Waals surface area contributed by atoms with Crippen molar-refractivity contribution in [3.8, 4) is 0 Å². The average molecular weight is 290 g/mol. The molecule has 1 unspecified atom stereocenters. The van der Waals surface area contributed by atoms with Crippen molar-refractivity contribution < 1.29 is 0 Å². The number of hydrogen-bond acceptors (Lipinski definition) is 1. The molecule has 0 spiro atoms. The summed E-state index contributed by atoms with van der Waals surface area (Å²) in [5.41, 5.74) is 1.37. The summed E-state index contributed by atoms with van der Waals surface area (Å²) in [6, 6.07) is 13.9. The highest BCUT2D eigenvalue weighted by Crippen LogP contribution is 2.29. The third-order valence-corrected chi connectivity index (χ3v) is 4.16. The van der Waals surface area contributed by atoms with Crippen LogP contribution in [0, 0.1) is 0 Å². The van der Waals surface area contributed by atoms with Crippen LogP contribution in [0.2, 0.25) is 0 Å². The highest BCUT2D eigenvalue weighted by Gasteiger charge is 2.20. The number of nitrogens with zero attached hydrogens (tertiary/aromatic N) is 1. The molecule has 1 heterocycles. The first-order valence-electron chi connectivity index (χ1n) is 6.20. The third kappa shape index (κ3) is 2.06. The molecule has 1 saturated heterocycles. The van der Waals surface area contributed by atoms with E-state index >= 15 is 0 Å². The quantitative estimate of drug-likeness (QED) is 0.742. The van der Waals surface area contributed by atoms with Crippen molar-refractivity contribution in [1.82, 2.24) is 0 Å². The summed E-state index contributed by atoms with van der Waals surface area (Å²) in [5.74, 6) is 0. The van der Waals surface area contributed by atoms with Crippen molar-refractivity contribution in [2.24, 2.45) is 0 Å². The molecule has 0 bridgehead atoms. The molecule has 1 nitrogen and oxygen atoms in total. The summed E-state index contributed by atoms with van der Waals surface area (Å²) in [6.07, 6.45) is 2.64.